The van der Waals surface area contributed by atoms with E-state index in [9.17, 15) is 29.4 Å². The smallest absolute Gasteiger partial charge is 0.411 e. The molecule has 3 aromatic rings. The molecule has 0 saturated heterocycles. The average molecular weight is 623 g/mol. The molecule has 3 rings (SSSR count). The zero-order valence-electron chi connectivity index (χ0n) is 25.1. The van der Waals surface area contributed by atoms with Crippen LogP contribution in [0.15, 0.2) is 65.0 Å². The topological polar surface area (TPSA) is 206 Å². The van der Waals surface area contributed by atoms with E-state index in [4.69, 9.17) is 14.2 Å². The lowest BCUT2D eigenvalue weighted by Crippen LogP contribution is -2.40. The molecule has 0 spiro atoms. The molecule has 0 aromatic heterocycles. The Bertz CT molecular complexity index is 1490. The van der Waals surface area contributed by atoms with Gasteiger partial charge in [-0.2, -0.15) is 0 Å². The van der Waals surface area contributed by atoms with Crippen molar-refractivity contribution in [3.8, 4) is 0 Å². The van der Waals surface area contributed by atoms with Crippen LogP contribution in [0.1, 0.15) is 30.0 Å². The second-order valence-corrected chi connectivity index (χ2v) is 10.3. The first-order valence-electron chi connectivity index (χ1n) is 13.7. The number of ether oxygens (including phenoxy) is 3. The zero-order chi connectivity index (χ0) is 33.0. The van der Waals surface area contributed by atoms with Crippen LogP contribution in [-0.2, 0) is 14.2 Å². The molecule has 0 aliphatic rings. The van der Waals surface area contributed by atoms with Crippen molar-refractivity contribution in [2.75, 3.05) is 41.3 Å². The standard InChI is InChI=1S/C30H34N6O9/c1-5-30(15-43-27(37)31-21-9-6-18(2)24(12-21)34-40,16-44-28(38)32-22-10-7-19(3)25(13-22)35-41)17-45-29(39)33-23-11-8-20(4)26(14-23)36-42/h6-14,34,40H,5,15-17H2,1-4H3,(H,31,37)(H,32,38)(H,33,39). The van der Waals surface area contributed by atoms with Crippen LogP contribution in [0.2, 0.25) is 0 Å². The number of nitrogens with zero attached hydrogens (tertiary/aromatic N) is 2. The first-order chi connectivity index (χ1) is 21.5. The van der Waals surface area contributed by atoms with E-state index < -0.39 is 23.7 Å². The normalized spacial score (nSPS) is 10.7. The van der Waals surface area contributed by atoms with E-state index in [2.05, 4.69) is 26.3 Å². The van der Waals surface area contributed by atoms with Gasteiger partial charge in [-0.25, -0.2) is 14.4 Å². The molecule has 0 atom stereocenters. The highest BCUT2D eigenvalue weighted by Crippen LogP contribution is 2.28. The molecule has 15 nitrogen and oxygen atoms in total. The van der Waals surface area contributed by atoms with Gasteiger partial charge in [-0.05, 0) is 90.6 Å². The van der Waals surface area contributed by atoms with Crippen molar-refractivity contribution < 1.29 is 33.8 Å². The maximum Gasteiger partial charge on any atom is 0.411 e. The van der Waals surface area contributed by atoms with Crippen molar-refractivity contribution in [2.45, 2.75) is 34.1 Å². The highest BCUT2D eigenvalue weighted by Gasteiger charge is 2.34. The highest BCUT2D eigenvalue weighted by molar-refractivity contribution is 5.87. The Hall–Kier alpha value is -5.57. The summed E-state index contributed by atoms with van der Waals surface area (Å²) in [5.74, 6) is 0. The van der Waals surface area contributed by atoms with Gasteiger partial charge in [-0.15, -0.1) is 9.81 Å². The summed E-state index contributed by atoms with van der Waals surface area (Å²) in [5.41, 5.74) is 4.38. The summed E-state index contributed by atoms with van der Waals surface area (Å²) in [5, 5.41) is 22.7. The molecule has 0 radical (unpaired) electrons. The number of nitrogens with one attached hydrogen (secondary N) is 4. The SMILES string of the molecule is CCC(COC(=O)Nc1ccc(C)c(N=O)c1)(COC(=O)Nc1ccc(C)c(N=O)c1)COC(=O)Nc1ccc(C)c(NO)c1. The number of aryl methyl sites for hydroxylation is 3. The Morgan fingerprint density at radius 3 is 1.40 bits per heavy atom. The summed E-state index contributed by atoms with van der Waals surface area (Å²) in [6, 6.07) is 13.9. The van der Waals surface area contributed by atoms with Crippen molar-refractivity contribution in [1.29, 1.82) is 0 Å². The van der Waals surface area contributed by atoms with Gasteiger partial charge >= 0.3 is 18.3 Å². The fourth-order valence-corrected chi connectivity index (χ4v) is 3.94. The van der Waals surface area contributed by atoms with Crippen LogP contribution in [0.4, 0.5) is 48.5 Å². The lowest BCUT2D eigenvalue weighted by Gasteiger charge is -2.31. The maximum absolute atomic E-state index is 12.7. The van der Waals surface area contributed by atoms with E-state index in [1.807, 2.05) is 5.48 Å². The van der Waals surface area contributed by atoms with Gasteiger partial charge in [0, 0.05) is 17.1 Å². The second-order valence-electron chi connectivity index (χ2n) is 10.3. The second kappa shape index (κ2) is 15.8. The number of rotatable bonds is 13. The molecule has 15 heteroatoms. The lowest BCUT2D eigenvalue weighted by molar-refractivity contribution is -0.0104. The summed E-state index contributed by atoms with van der Waals surface area (Å²) < 4.78 is 16.3. The highest BCUT2D eigenvalue weighted by atomic mass is 16.6. The Kier molecular flexibility index (Phi) is 11.9. The number of amides is 3. The van der Waals surface area contributed by atoms with Crippen molar-refractivity contribution >= 4 is 52.4 Å². The summed E-state index contributed by atoms with van der Waals surface area (Å²) in [4.78, 5) is 60.0. The van der Waals surface area contributed by atoms with Gasteiger partial charge in [0.1, 0.15) is 31.2 Å². The van der Waals surface area contributed by atoms with E-state index >= 15 is 0 Å². The summed E-state index contributed by atoms with van der Waals surface area (Å²) in [6.07, 6.45) is -2.37. The van der Waals surface area contributed by atoms with Crippen molar-refractivity contribution in [1.82, 2.24) is 0 Å². The van der Waals surface area contributed by atoms with Gasteiger partial charge in [0.2, 0.25) is 0 Å². The molecule has 3 aromatic carbocycles. The fraction of sp³-hybridized carbons (Fsp3) is 0.300. The van der Waals surface area contributed by atoms with Crippen LogP contribution in [0.5, 0.6) is 0 Å². The summed E-state index contributed by atoms with van der Waals surface area (Å²) in [7, 11) is 0. The predicted molar refractivity (Wildman–Crippen MR) is 167 cm³/mol. The Morgan fingerprint density at radius 1 is 0.667 bits per heavy atom. The first-order valence-corrected chi connectivity index (χ1v) is 13.7. The van der Waals surface area contributed by atoms with E-state index in [1.165, 1.54) is 18.2 Å². The van der Waals surface area contributed by atoms with Gasteiger partial charge in [0.05, 0.1) is 11.1 Å². The third-order valence-corrected chi connectivity index (χ3v) is 6.99. The quantitative estimate of drug-likeness (QED) is 0.0714. The monoisotopic (exact) mass is 622 g/mol. The number of hydrogen-bond donors (Lipinski definition) is 5. The van der Waals surface area contributed by atoms with Gasteiger partial charge < -0.3 is 14.2 Å². The van der Waals surface area contributed by atoms with Crippen molar-refractivity contribution in [3.63, 3.8) is 0 Å². The number of carbonyl (C=O) groups is 3. The summed E-state index contributed by atoms with van der Waals surface area (Å²) in [6.45, 7) is 5.86. The number of benzene rings is 3. The van der Waals surface area contributed by atoms with Crippen LogP contribution in [0, 0.1) is 36.0 Å². The first kappa shape index (κ1) is 33.9. The van der Waals surface area contributed by atoms with Gasteiger partial charge in [0.25, 0.3) is 0 Å². The molecule has 0 fully saturated rings. The zero-order valence-corrected chi connectivity index (χ0v) is 25.1. The number of hydrogen-bond acceptors (Lipinski definition) is 12. The number of carbonyl (C=O) groups excluding carboxylic acids is 3. The molecule has 0 unspecified atom stereocenters. The minimum Gasteiger partial charge on any atom is -0.448 e. The molecular weight excluding hydrogens is 588 g/mol. The Labute approximate surface area is 258 Å². The number of nitroso groups, excluding NO2 is 2. The molecule has 5 N–H and O–H groups in total. The molecule has 45 heavy (non-hydrogen) atoms. The molecule has 238 valence electrons. The molecule has 0 heterocycles. The Morgan fingerprint density at radius 2 is 1.04 bits per heavy atom. The molecule has 0 saturated carbocycles. The lowest BCUT2D eigenvalue weighted by atomic mass is 9.88. The number of anilines is 4. The molecular formula is C30H34N6O9. The van der Waals surface area contributed by atoms with Crippen molar-refractivity contribution in [2.24, 2.45) is 15.8 Å². The van der Waals surface area contributed by atoms with Gasteiger partial charge in [-0.1, -0.05) is 25.1 Å². The molecule has 0 bridgehead atoms. The van der Waals surface area contributed by atoms with Crippen LogP contribution in [0.25, 0.3) is 0 Å². The Balaban J connectivity index is 1.71. The third kappa shape index (κ3) is 9.72. The minimum absolute atomic E-state index is 0.148. The third-order valence-electron chi connectivity index (χ3n) is 6.99. The predicted octanol–water partition coefficient (Wildman–Crippen LogP) is 7.65. The average Bonchev–Trinajstić information content (AvgIpc) is 3.03. The van der Waals surface area contributed by atoms with Crippen LogP contribution >= 0.6 is 0 Å². The van der Waals surface area contributed by atoms with Crippen molar-refractivity contribution in [3.05, 3.63) is 81.1 Å². The fourth-order valence-electron chi connectivity index (χ4n) is 3.94. The summed E-state index contributed by atoms with van der Waals surface area (Å²) >= 11 is 0. The molecule has 0 aliphatic heterocycles. The van der Waals surface area contributed by atoms with Crippen LogP contribution in [0.3, 0.4) is 0 Å². The van der Waals surface area contributed by atoms with E-state index in [1.54, 1.807) is 64.1 Å². The van der Waals surface area contributed by atoms with Gasteiger partial charge in [0.15, 0.2) is 0 Å². The van der Waals surface area contributed by atoms with Crippen LogP contribution in [-0.4, -0.2) is 43.3 Å². The van der Waals surface area contributed by atoms with E-state index in [0.717, 1.165) is 5.56 Å². The van der Waals surface area contributed by atoms with Crippen LogP contribution < -0.4 is 21.4 Å². The minimum atomic E-state index is -1.19. The molecule has 0 aliphatic carbocycles. The van der Waals surface area contributed by atoms with E-state index in [0.29, 0.717) is 22.5 Å². The van der Waals surface area contributed by atoms with Gasteiger partial charge in [-0.3, -0.25) is 26.6 Å². The van der Waals surface area contributed by atoms with E-state index in [-0.39, 0.29) is 49.0 Å². The maximum atomic E-state index is 12.7. The molecule has 3 amide bonds. The largest absolute Gasteiger partial charge is 0.448 e.